The average Bonchev–Trinajstić information content (AvgIpc) is 2.59. The van der Waals surface area contributed by atoms with Gasteiger partial charge in [-0.3, -0.25) is 4.79 Å². The molecule has 1 aliphatic carbocycles. The fourth-order valence-electron chi connectivity index (χ4n) is 3.63. The zero-order valence-electron chi connectivity index (χ0n) is 18.0. The Balaban J connectivity index is 2.35. The van der Waals surface area contributed by atoms with E-state index < -0.39 is 5.79 Å². The quantitative estimate of drug-likeness (QED) is 0.377. The monoisotopic (exact) mass is 384 g/mol. The van der Waals surface area contributed by atoms with E-state index in [9.17, 15) is 9.59 Å². The van der Waals surface area contributed by atoms with Gasteiger partial charge in [0.2, 0.25) is 5.91 Å². The van der Waals surface area contributed by atoms with Crippen LogP contribution >= 0.6 is 0 Å². The third-order valence-electron chi connectivity index (χ3n) is 5.65. The molecule has 0 spiro atoms. The molecular weight excluding hydrogens is 344 g/mol. The van der Waals surface area contributed by atoms with Gasteiger partial charge < -0.3 is 24.9 Å². The van der Waals surface area contributed by atoms with Crippen LogP contribution in [0.25, 0.3) is 0 Å². The van der Waals surface area contributed by atoms with Crippen molar-refractivity contribution < 1.29 is 19.1 Å². The molecule has 6 nitrogen and oxygen atoms in total. The van der Waals surface area contributed by atoms with E-state index in [4.69, 9.17) is 9.47 Å². The van der Waals surface area contributed by atoms with Crippen LogP contribution < -0.4 is 10.6 Å². The zero-order valence-corrected chi connectivity index (χ0v) is 18.0. The molecule has 0 aliphatic heterocycles. The topological polar surface area (TPSA) is 76.7 Å². The van der Waals surface area contributed by atoms with Crippen LogP contribution in [-0.4, -0.2) is 50.8 Å². The maximum absolute atomic E-state index is 12.2. The van der Waals surface area contributed by atoms with Gasteiger partial charge in [-0.25, -0.2) is 0 Å². The van der Waals surface area contributed by atoms with Gasteiger partial charge in [0.05, 0.1) is 13.2 Å². The van der Waals surface area contributed by atoms with Crippen molar-refractivity contribution in [3.8, 4) is 0 Å². The number of carbonyl (C=O) groups is 2. The van der Waals surface area contributed by atoms with Gasteiger partial charge >= 0.3 is 0 Å². The number of hydrogen-bond donors (Lipinski definition) is 2. The van der Waals surface area contributed by atoms with Crippen LogP contribution in [0.2, 0.25) is 0 Å². The summed E-state index contributed by atoms with van der Waals surface area (Å²) >= 11 is 0. The van der Waals surface area contributed by atoms with Gasteiger partial charge in [-0.15, -0.1) is 0 Å². The summed E-state index contributed by atoms with van der Waals surface area (Å²) in [7, 11) is 1.91. The number of nitrogens with one attached hydrogen (secondary N) is 2. The molecule has 0 heterocycles. The molecular formula is C21H40N2O4. The van der Waals surface area contributed by atoms with Crippen LogP contribution in [0.1, 0.15) is 72.6 Å². The zero-order chi connectivity index (χ0) is 20.3. The first kappa shape index (κ1) is 24.1. The highest BCUT2D eigenvalue weighted by Gasteiger charge is 2.34. The van der Waals surface area contributed by atoms with Crippen molar-refractivity contribution in [2.75, 3.05) is 33.4 Å². The lowest BCUT2D eigenvalue weighted by molar-refractivity contribution is -0.250. The molecule has 0 aromatic carbocycles. The molecule has 158 valence electrons. The van der Waals surface area contributed by atoms with Crippen LogP contribution in [0, 0.1) is 11.3 Å². The molecule has 0 saturated heterocycles. The van der Waals surface area contributed by atoms with Crippen molar-refractivity contribution in [3.05, 3.63) is 0 Å². The summed E-state index contributed by atoms with van der Waals surface area (Å²) in [5.74, 6) is -0.179. The third-order valence-corrected chi connectivity index (χ3v) is 5.65. The summed E-state index contributed by atoms with van der Waals surface area (Å²) in [5, 5.41) is 6.04. The number of amides is 1. The van der Waals surface area contributed by atoms with Crippen LogP contribution in [0.4, 0.5) is 0 Å². The summed E-state index contributed by atoms with van der Waals surface area (Å²) in [6.07, 6.45) is 6.22. The Bertz CT molecular complexity index is 459. The number of Topliss-reactive ketones (excluding diaryl/α,β-unsaturated/α-hetero) is 1. The van der Waals surface area contributed by atoms with Gasteiger partial charge in [0, 0.05) is 38.8 Å². The second kappa shape index (κ2) is 11.8. The molecule has 1 unspecified atom stereocenters. The fourth-order valence-corrected chi connectivity index (χ4v) is 3.63. The Morgan fingerprint density at radius 1 is 1.07 bits per heavy atom. The Hall–Kier alpha value is -0.980. The van der Waals surface area contributed by atoms with Crippen molar-refractivity contribution in [1.29, 1.82) is 0 Å². The van der Waals surface area contributed by atoms with Gasteiger partial charge in [-0.05, 0) is 38.1 Å². The van der Waals surface area contributed by atoms with E-state index in [2.05, 4.69) is 10.6 Å². The number of ether oxygens (including phenoxy) is 2. The summed E-state index contributed by atoms with van der Waals surface area (Å²) < 4.78 is 12.1. The SMILES string of the molecule is CNCCOC1(OCCNC(=O)CC(C)C(C)(C)CC(C)=O)CCCCC1. The van der Waals surface area contributed by atoms with Crippen LogP contribution in [0.3, 0.4) is 0 Å². The fraction of sp³-hybridized carbons (Fsp3) is 0.905. The number of rotatable bonds is 13. The van der Waals surface area contributed by atoms with Crippen molar-refractivity contribution in [1.82, 2.24) is 10.6 Å². The van der Waals surface area contributed by atoms with Gasteiger partial charge in [-0.1, -0.05) is 27.2 Å². The van der Waals surface area contributed by atoms with Crippen LogP contribution in [-0.2, 0) is 19.1 Å². The number of ketones is 1. The Kier molecular flexibility index (Phi) is 10.5. The molecule has 2 N–H and O–H groups in total. The van der Waals surface area contributed by atoms with Crippen molar-refractivity contribution in [2.24, 2.45) is 11.3 Å². The molecule has 1 aliphatic rings. The second-order valence-electron chi connectivity index (χ2n) is 8.59. The second-order valence-corrected chi connectivity index (χ2v) is 8.59. The van der Waals surface area contributed by atoms with E-state index in [1.165, 1.54) is 6.42 Å². The Morgan fingerprint density at radius 2 is 1.67 bits per heavy atom. The molecule has 0 bridgehead atoms. The minimum Gasteiger partial charge on any atom is -0.354 e. The lowest BCUT2D eigenvalue weighted by atomic mass is 9.74. The smallest absolute Gasteiger partial charge is 0.220 e. The van der Waals surface area contributed by atoms with Gasteiger partial charge in [-0.2, -0.15) is 0 Å². The molecule has 1 fully saturated rings. The molecule has 0 aromatic heterocycles. The summed E-state index contributed by atoms with van der Waals surface area (Å²) in [4.78, 5) is 23.6. The van der Waals surface area contributed by atoms with E-state index in [0.29, 0.717) is 32.6 Å². The summed E-state index contributed by atoms with van der Waals surface area (Å²) in [6.45, 7) is 10.1. The number of hydrogen-bond acceptors (Lipinski definition) is 5. The molecule has 0 aromatic rings. The third kappa shape index (κ3) is 9.17. The van der Waals surface area contributed by atoms with Gasteiger partial charge in [0.25, 0.3) is 0 Å². The first-order valence-electron chi connectivity index (χ1n) is 10.4. The minimum atomic E-state index is -0.489. The molecule has 1 saturated carbocycles. The predicted molar refractivity (Wildman–Crippen MR) is 108 cm³/mol. The molecule has 1 atom stereocenters. The molecule has 27 heavy (non-hydrogen) atoms. The van der Waals surface area contributed by atoms with Crippen molar-refractivity contribution in [2.45, 2.75) is 78.4 Å². The van der Waals surface area contributed by atoms with Crippen LogP contribution in [0.5, 0.6) is 0 Å². The minimum absolute atomic E-state index is 0.0107. The summed E-state index contributed by atoms with van der Waals surface area (Å²) in [6, 6.07) is 0. The van der Waals surface area contributed by atoms with E-state index in [-0.39, 0.29) is 23.0 Å². The maximum Gasteiger partial charge on any atom is 0.220 e. The van der Waals surface area contributed by atoms with E-state index in [1.54, 1.807) is 6.92 Å². The molecule has 1 rings (SSSR count). The number of carbonyl (C=O) groups excluding carboxylic acids is 2. The van der Waals surface area contributed by atoms with Crippen molar-refractivity contribution in [3.63, 3.8) is 0 Å². The highest BCUT2D eigenvalue weighted by Crippen LogP contribution is 2.33. The first-order valence-corrected chi connectivity index (χ1v) is 10.4. The van der Waals surface area contributed by atoms with Crippen LogP contribution in [0.15, 0.2) is 0 Å². The molecule has 0 radical (unpaired) electrons. The van der Waals surface area contributed by atoms with E-state index >= 15 is 0 Å². The highest BCUT2D eigenvalue weighted by molar-refractivity contribution is 5.77. The molecule has 6 heteroatoms. The predicted octanol–water partition coefficient (Wildman–Crippen LogP) is 3.05. The van der Waals surface area contributed by atoms with Gasteiger partial charge in [0.1, 0.15) is 5.78 Å². The first-order chi connectivity index (χ1) is 12.7. The number of likely N-dealkylation sites (N-methyl/N-ethyl adjacent to an activating group) is 1. The lowest BCUT2D eigenvalue weighted by Crippen LogP contribution is -2.42. The standard InChI is InChI=1S/C21H40N2O4/c1-17(20(3,4)16-18(2)24)15-19(25)23-12-14-27-21(26-13-11-22-5)9-7-6-8-10-21/h17,22H,6-16H2,1-5H3,(H,23,25). The highest BCUT2D eigenvalue weighted by atomic mass is 16.7. The molecule has 1 amide bonds. The Labute approximate surface area is 165 Å². The van der Waals surface area contributed by atoms with Gasteiger partial charge in [0.15, 0.2) is 5.79 Å². The van der Waals surface area contributed by atoms with E-state index in [1.807, 2.05) is 27.8 Å². The normalized spacial score (nSPS) is 18.1. The lowest BCUT2D eigenvalue weighted by Gasteiger charge is -2.37. The largest absolute Gasteiger partial charge is 0.354 e. The van der Waals surface area contributed by atoms with Crippen molar-refractivity contribution >= 4 is 11.7 Å². The average molecular weight is 385 g/mol. The maximum atomic E-state index is 12.2. The summed E-state index contributed by atoms with van der Waals surface area (Å²) in [5.41, 5.74) is -0.174. The van der Waals surface area contributed by atoms with E-state index in [0.717, 1.165) is 32.2 Å². The Morgan fingerprint density at radius 3 is 2.22 bits per heavy atom.